The second-order valence-corrected chi connectivity index (χ2v) is 5.51. The van der Waals surface area contributed by atoms with E-state index >= 15 is 0 Å². The van der Waals surface area contributed by atoms with Gasteiger partial charge in [0.2, 0.25) is 10.0 Å². The number of carboxylic acid groups (broad SMARTS) is 1. The largest absolute Gasteiger partial charge is 0.480 e. The fourth-order valence-electron chi connectivity index (χ4n) is 1.32. The Kier molecular flexibility index (Phi) is 5.00. The summed E-state index contributed by atoms with van der Waals surface area (Å²) in [7, 11) is -3.88. The van der Waals surface area contributed by atoms with Crippen molar-refractivity contribution in [3.05, 3.63) is 35.4 Å². The number of benzene rings is 1. The van der Waals surface area contributed by atoms with E-state index in [-0.39, 0.29) is 0 Å². The van der Waals surface area contributed by atoms with Crippen molar-refractivity contribution in [1.29, 1.82) is 5.26 Å². The van der Waals surface area contributed by atoms with E-state index in [0.717, 1.165) is 0 Å². The van der Waals surface area contributed by atoms with Crippen molar-refractivity contribution in [3.63, 3.8) is 0 Å². The van der Waals surface area contributed by atoms with Crippen molar-refractivity contribution >= 4 is 16.0 Å². The highest BCUT2D eigenvalue weighted by atomic mass is 32.2. The van der Waals surface area contributed by atoms with Crippen molar-refractivity contribution in [1.82, 2.24) is 4.72 Å². The van der Waals surface area contributed by atoms with Crippen LogP contribution in [0.1, 0.15) is 11.1 Å². The first-order valence-electron chi connectivity index (χ1n) is 5.20. The summed E-state index contributed by atoms with van der Waals surface area (Å²) in [6.07, 6.45) is 0. The predicted octanol–water partition coefficient (Wildman–Crippen LogP) is -0.577. The summed E-state index contributed by atoms with van der Waals surface area (Å²) in [6, 6.07) is 6.19. The monoisotopic (exact) mass is 284 g/mol. The smallest absolute Gasteiger partial charge is 0.324 e. The van der Waals surface area contributed by atoms with Crippen LogP contribution in [0.2, 0.25) is 0 Å². The predicted molar refractivity (Wildman–Crippen MR) is 65.4 cm³/mol. The third-order valence-corrected chi connectivity index (χ3v) is 3.60. The van der Waals surface area contributed by atoms with Crippen LogP contribution < -0.4 is 4.72 Å². The highest BCUT2D eigenvalue weighted by Gasteiger charge is 2.23. The maximum absolute atomic E-state index is 11.7. The first kappa shape index (κ1) is 15.1. The molecule has 1 aromatic rings. The average molecular weight is 284 g/mol. The Hall–Kier alpha value is -1.95. The van der Waals surface area contributed by atoms with Gasteiger partial charge in [-0.2, -0.15) is 9.98 Å². The lowest BCUT2D eigenvalue weighted by atomic mass is 10.2. The minimum Gasteiger partial charge on any atom is -0.480 e. The van der Waals surface area contributed by atoms with Gasteiger partial charge in [-0.25, -0.2) is 8.42 Å². The van der Waals surface area contributed by atoms with Crippen LogP contribution in [0.3, 0.4) is 0 Å². The van der Waals surface area contributed by atoms with E-state index in [1.165, 1.54) is 24.3 Å². The summed E-state index contributed by atoms with van der Waals surface area (Å²) in [5, 5.41) is 26.0. The summed E-state index contributed by atoms with van der Waals surface area (Å²) in [5.41, 5.74) is 0.807. The van der Waals surface area contributed by atoms with Crippen LogP contribution in [0.25, 0.3) is 0 Å². The molecule has 1 unspecified atom stereocenters. The van der Waals surface area contributed by atoms with Crippen molar-refractivity contribution in [2.45, 2.75) is 11.8 Å². The second-order valence-electron chi connectivity index (χ2n) is 3.76. The molecule has 1 aromatic carbocycles. The topological polar surface area (TPSA) is 127 Å². The molecule has 0 spiro atoms. The number of carbonyl (C=O) groups is 1. The van der Waals surface area contributed by atoms with Gasteiger partial charge in [0.1, 0.15) is 6.04 Å². The molecular weight excluding hydrogens is 272 g/mol. The van der Waals surface area contributed by atoms with Gasteiger partial charge in [0.05, 0.1) is 24.0 Å². The number of rotatable bonds is 6. The molecule has 0 amide bonds. The number of aliphatic hydroxyl groups excluding tert-OH is 1. The van der Waals surface area contributed by atoms with Gasteiger partial charge >= 0.3 is 5.97 Å². The summed E-state index contributed by atoms with van der Waals surface area (Å²) in [4.78, 5) is 10.6. The molecule has 19 heavy (non-hydrogen) atoms. The first-order valence-corrected chi connectivity index (χ1v) is 6.86. The van der Waals surface area contributed by atoms with Crippen LogP contribution in [0.15, 0.2) is 24.3 Å². The van der Waals surface area contributed by atoms with Gasteiger partial charge in [0.25, 0.3) is 0 Å². The van der Waals surface area contributed by atoms with Gasteiger partial charge in [-0.05, 0) is 17.7 Å². The summed E-state index contributed by atoms with van der Waals surface area (Å²) in [6.45, 7) is -0.831. The minimum atomic E-state index is -3.88. The molecule has 0 radical (unpaired) electrons. The number of nitrogens with zero attached hydrogens (tertiary/aromatic N) is 1. The number of nitriles is 1. The highest BCUT2D eigenvalue weighted by Crippen LogP contribution is 2.07. The molecule has 8 heteroatoms. The molecule has 0 fully saturated rings. The maximum atomic E-state index is 11.7. The fourth-order valence-corrected chi connectivity index (χ4v) is 2.64. The third kappa shape index (κ3) is 4.67. The average Bonchev–Trinajstić information content (AvgIpc) is 2.36. The van der Waals surface area contributed by atoms with Crippen LogP contribution in [0.5, 0.6) is 0 Å². The zero-order valence-electron chi connectivity index (χ0n) is 9.78. The zero-order chi connectivity index (χ0) is 14.5. The number of nitrogens with one attached hydrogen (secondary N) is 1. The molecule has 0 saturated carbocycles. The lowest BCUT2D eigenvalue weighted by Gasteiger charge is -2.12. The number of carboxylic acids is 1. The van der Waals surface area contributed by atoms with E-state index < -0.39 is 34.4 Å². The highest BCUT2D eigenvalue weighted by molar-refractivity contribution is 7.88. The number of sulfonamides is 1. The number of aliphatic hydroxyl groups is 1. The van der Waals surface area contributed by atoms with E-state index in [1.807, 2.05) is 10.8 Å². The van der Waals surface area contributed by atoms with Crippen molar-refractivity contribution in [2.24, 2.45) is 0 Å². The molecule has 1 atom stereocenters. The zero-order valence-corrected chi connectivity index (χ0v) is 10.6. The van der Waals surface area contributed by atoms with Crippen molar-refractivity contribution in [2.75, 3.05) is 6.61 Å². The standard InChI is InChI=1S/C11H12N2O5S/c12-5-8-1-3-9(4-2-8)7-19(17,18)13-10(6-14)11(15)16/h1-4,10,13-14H,6-7H2,(H,15,16). The minimum absolute atomic E-state index is 0.396. The van der Waals surface area contributed by atoms with Gasteiger partial charge in [-0.3, -0.25) is 4.79 Å². The molecule has 1 rings (SSSR count). The third-order valence-electron chi connectivity index (χ3n) is 2.24. The molecule has 0 aliphatic carbocycles. The van der Waals surface area contributed by atoms with Gasteiger partial charge in [-0.15, -0.1) is 0 Å². The summed E-state index contributed by atoms with van der Waals surface area (Å²) in [5.74, 6) is -1.88. The summed E-state index contributed by atoms with van der Waals surface area (Å²) >= 11 is 0. The molecule has 0 aliphatic heterocycles. The molecule has 0 heterocycles. The van der Waals surface area contributed by atoms with Crippen molar-refractivity contribution < 1.29 is 23.4 Å². The molecule has 0 aliphatic rings. The Balaban J connectivity index is 2.79. The van der Waals surface area contributed by atoms with Crippen LogP contribution in [-0.2, 0) is 20.6 Å². The Morgan fingerprint density at radius 2 is 1.95 bits per heavy atom. The Morgan fingerprint density at radius 1 is 1.37 bits per heavy atom. The van der Waals surface area contributed by atoms with Crippen LogP contribution >= 0.6 is 0 Å². The first-order chi connectivity index (χ1) is 8.88. The van der Waals surface area contributed by atoms with E-state index in [1.54, 1.807) is 0 Å². The molecule has 0 aromatic heterocycles. The summed E-state index contributed by atoms with van der Waals surface area (Å²) < 4.78 is 25.2. The van der Waals surface area contributed by atoms with Gasteiger partial charge in [-0.1, -0.05) is 12.1 Å². The van der Waals surface area contributed by atoms with E-state index in [9.17, 15) is 13.2 Å². The molecule has 0 saturated heterocycles. The van der Waals surface area contributed by atoms with E-state index in [2.05, 4.69) is 0 Å². The molecule has 102 valence electrons. The second kappa shape index (κ2) is 6.29. The van der Waals surface area contributed by atoms with Crippen LogP contribution in [0, 0.1) is 11.3 Å². The quantitative estimate of drug-likeness (QED) is 0.641. The SMILES string of the molecule is N#Cc1ccc(CS(=O)(=O)NC(CO)C(=O)O)cc1. The molecular formula is C11H12N2O5S. The van der Waals surface area contributed by atoms with Crippen molar-refractivity contribution in [3.8, 4) is 6.07 Å². The van der Waals surface area contributed by atoms with Crippen LogP contribution in [-0.4, -0.2) is 37.2 Å². The van der Waals surface area contributed by atoms with Gasteiger partial charge < -0.3 is 10.2 Å². The molecule has 3 N–H and O–H groups in total. The Bertz CT molecular complexity index is 589. The lowest BCUT2D eigenvalue weighted by Crippen LogP contribution is -2.43. The normalized spacial score (nSPS) is 12.6. The van der Waals surface area contributed by atoms with E-state index in [4.69, 9.17) is 15.5 Å². The lowest BCUT2D eigenvalue weighted by molar-refractivity contribution is -0.139. The fraction of sp³-hybridized carbons (Fsp3) is 0.273. The van der Waals surface area contributed by atoms with Crippen LogP contribution in [0.4, 0.5) is 0 Å². The Labute approximate surface area is 110 Å². The van der Waals surface area contributed by atoms with Gasteiger partial charge in [0.15, 0.2) is 0 Å². The Morgan fingerprint density at radius 3 is 2.37 bits per heavy atom. The van der Waals surface area contributed by atoms with Gasteiger partial charge in [0, 0.05) is 0 Å². The number of aliphatic carboxylic acids is 1. The number of hydrogen-bond acceptors (Lipinski definition) is 5. The molecule has 0 bridgehead atoms. The van der Waals surface area contributed by atoms with E-state index in [0.29, 0.717) is 11.1 Å². The maximum Gasteiger partial charge on any atom is 0.324 e. The molecule has 7 nitrogen and oxygen atoms in total. The number of hydrogen-bond donors (Lipinski definition) is 3.